The van der Waals surface area contributed by atoms with Gasteiger partial charge in [-0.05, 0) is 30.2 Å². The highest BCUT2D eigenvalue weighted by Crippen LogP contribution is 2.34. The van der Waals surface area contributed by atoms with Crippen LogP contribution in [0.2, 0.25) is 0 Å². The summed E-state index contributed by atoms with van der Waals surface area (Å²) in [6.07, 6.45) is 0. The van der Waals surface area contributed by atoms with Crippen LogP contribution in [0.1, 0.15) is 31.9 Å². The Kier molecular flexibility index (Phi) is 6.75. The summed E-state index contributed by atoms with van der Waals surface area (Å²) < 4.78 is 5.44. The normalized spacial score (nSPS) is 11.1. The fourth-order valence-corrected chi connectivity index (χ4v) is 3.38. The molecule has 3 rings (SSSR count). The molecule has 160 valence electrons. The van der Waals surface area contributed by atoms with Gasteiger partial charge in [0, 0.05) is 17.7 Å². The monoisotopic (exact) mass is 416 g/mol. The van der Waals surface area contributed by atoms with Gasteiger partial charge in [-0.1, -0.05) is 74.5 Å². The predicted molar refractivity (Wildman–Crippen MR) is 124 cm³/mol. The summed E-state index contributed by atoms with van der Waals surface area (Å²) in [6, 6.07) is 24.6. The standard InChI is InChI=1S/C26H28N2O3/c1-18(2)24(29)28-22-16-15-21(17-23(22)31-4)27-25(30)26(3,19-11-7-5-8-12-19)20-13-9-6-10-14-20/h5-18H,1-4H3,(H,27,30)(H,28,29). The Morgan fingerprint density at radius 3 is 1.87 bits per heavy atom. The summed E-state index contributed by atoms with van der Waals surface area (Å²) in [5.74, 6) is 0.0659. The van der Waals surface area contributed by atoms with Crippen molar-refractivity contribution in [1.82, 2.24) is 0 Å². The molecular weight excluding hydrogens is 388 g/mol. The first kappa shape index (κ1) is 22.1. The number of carbonyl (C=O) groups excluding carboxylic acids is 2. The topological polar surface area (TPSA) is 67.4 Å². The van der Waals surface area contributed by atoms with Crippen molar-refractivity contribution in [2.75, 3.05) is 17.7 Å². The quantitative estimate of drug-likeness (QED) is 0.554. The third-order valence-corrected chi connectivity index (χ3v) is 5.40. The molecule has 0 heterocycles. The van der Waals surface area contributed by atoms with Crippen molar-refractivity contribution in [2.45, 2.75) is 26.2 Å². The maximum atomic E-state index is 13.6. The molecular formula is C26H28N2O3. The number of carbonyl (C=O) groups is 2. The van der Waals surface area contributed by atoms with E-state index in [1.165, 1.54) is 7.11 Å². The van der Waals surface area contributed by atoms with E-state index >= 15 is 0 Å². The number of hydrogen-bond donors (Lipinski definition) is 2. The first-order valence-electron chi connectivity index (χ1n) is 10.3. The average molecular weight is 417 g/mol. The van der Waals surface area contributed by atoms with Gasteiger partial charge in [-0.2, -0.15) is 0 Å². The molecule has 0 fully saturated rings. The smallest absolute Gasteiger partial charge is 0.239 e. The largest absolute Gasteiger partial charge is 0.494 e. The number of benzene rings is 3. The number of methoxy groups -OCH3 is 1. The van der Waals surface area contributed by atoms with Crippen LogP contribution in [0.4, 0.5) is 11.4 Å². The van der Waals surface area contributed by atoms with Gasteiger partial charge < -0.3 is 15.4 Å². The zero-order chi connectivity index (χ0) is 22.4. The fraction of sp³-hybridized carbons (Fsp3) is 0.231. The molecule has 0 aliphatic rings. The Hall–Kier alpha value is -3.60. The number of rotatable bonds is 7. The number of nitrogens with one attached hydrogen (secondary N) is 2. The van der Waals surface area contributed by atoms with Gasteiger partial charge in [0.05, 0.1) is 18.2 Å². The second kappa shape index (κ2) is 9.47. The number of amides is 2. The van der Waals surface area contributed by atoms with Crippen LogP contribution in [0.3, 0.4) is 0 Å². The van der Waals surface area contributed by atoms with Crippen molar-refractivity contribution in [2.24, 2.45) is 5.92 Å². The Morgan fingerprint density at radius 1 is 0.839 bits per heavy atom. The lowest BCUT2D eigenvalue weighted by Crippen LogP contribution is -2.38. The lowest BCUT2D eigenvalue weighted by atomic mass is 9.75. The van der Waals surface area contributed by atoms with E-state index in [2.05, 4.69) is 10.6 Å². The van der Waals surface area contributed by atoms with Crippen molar-refractivity contribution < 1.29 is 14.3 Å². The van der Waals surface area contributed by atoms with Gasteiger partial charge in [-0.3, -0.25) is 9.59 Å². The van der Waals surface area contributed by atoms with Gasteiger partial charge >= 0.3 is 0 Å². The van der Waals surface area contributed by atoms with Crippen molar-refractivity contribution in [1.29, 1.82) is 0 Å². The predicted octanol–water partition coefficient (Wildman–Crippen LogP) is 5.23. The van der Waals surface area contributed by atoms with Crippen molar-refractivity contribution in [3.8, 4) is 5.75 Å². The average Bonchev–Trinajstić information content (AvgIpc) is 2.80. The van der Waals surface area contributed by atoms with E-state index in [-0.39, 0.29) is 17.7 Å². The maximum Gasteiger partial charge on any atom is 0.239 e. The first-order chi connectivity index (χ1) is 14.9. The molecule has 0 unspecified atom stereocenters. The highest BCUT2D eigenvalue weighted by molar-refractivity contribution is 6.02. The van der Waals surface area contributed by atoms with Crippen LogP contribution in [0.25, 0.3) is 0 Å². The minimum Gasteiger partial charge on any atom is -0.494 e. The molecule has 31 heavy (non-hydrogen) atoms. The number of hydrogen-bond acceptors (Lipinski definition) is 3. The zero-order valence-electron chi connectivity index (χ0n) is 18.3. The summed E-state index contributed by atoms with van der Waals surface area (Å²) in [7, 11) is 1.53. The maximum absolute atomic E-state index is 13.6. The van der Waals surface area contributed by atoms with E-state index in [1.807, 2.05) is 81.4 Å². The van der Waals surface area contributed by atoms with E-state index in [1.54, 1.807) is 18.2 Å². The summed E-state index contributed by atoms with van der Waals surface area (Å²) in [5, 5.41) is 5.87. The Labute approximate surface area is 183 Å². The van der Waals surface area contributed by atoms with Crippen molar-refractivity contribution >= 4 is 23.2 Å². The van der Waals surface area contributed by atoms with Crippen LogP contribution >= 0.6 is 0 Å². The van der Waals surface area contributed by atoms with Crippen LogP contribution in [0.5, 0.6) is 5.75 Å². The van der Waals surface area contributed by atoms with Crippen LogP contribution in [-0.4, -0.2) is 18.9 Å². The molecule has 0 atom stereocenters. The minimum absolute atomic E-state index is 0.101. The first-order valence-corrected chi connectivity index (χ1v) is 10.3. The summed E-state index contributed by atoms with van der Waals surface area (Å²) >= 11 is 0. The van der Waals surface area contributed by atoms with E-state index in [4.69, 9.17) is 4.74 Å². The second-order valence-corrected chi connectivity index (χ2v) is 7.87. The molecule has 0 saturated carbocycles. The van der Waals surface area contributed by atoms with Crippen molar-refractivity contribution in [3.63, 3.8) is 0 Å². The lowest BCUT2D eigenvalue weighted by molar-refractivity contribution is -0.120. The Morgan fingerprint density at radius 2 is 1.39 bits per heavy atom. The summed E-state index contributed by atoms with van der Waals surface area (Å²) in [6.45, 7) is 5.57. The van der Waals surface area contributed by atoms with Crippen LogP contribution in [0, 0.1) is 5.92 Å². The SMILES string of the molecule is COc1cc(NC(=O)C(C)(c2ccccc2)c2ccccc2)ccc1NC(=O)C(C)C. The van der Waals surface area contributed by atoms with Gasteiger partial charge in [-0.15, -0.1) is 0 Å². The van der Waals surface area contributed by atoms with Gasteiger partial charge in [-0.25, -0.2) is 0 Å². The Balaban J connectivity index is 1.93. The number of ether oxygens (including phenoxy) is 1. The highest BCUT2D eigenvalue weighted by Gasteiger charge is 2.37. The van der Waals surface area contributed by atoms with Crippen molar-refractivity contribution in [3.05, 3.63) is 90.0 Å². The Bertz CT molecular complexity index is 1010. The fourth-order valence-electron chi connectivity index (χ4n) is 3.38. The molecule has 0 saturated heterocycles. The minimum atomic E-state index is -0.889. The van der Waals surface area contributed by atoms with Gasteiger partial charge in [0.1, 0.15) is 5.75 Å². The molecule has 0 aliphatic carbocycles. The highest BCUT2D eigenvalue weighted by atomic mass is 16.5. The summed E-state index contributed by atoms with van der Waals surface area (Å²) in [5.41, 5.74) is 2.05. The second-order valence-electron chi connectivity index (χ2n) is 7.87. The molecule has 0 radical (unpaired) electrons. The van der Waals surface area contributed by atoms with Gasteiger partial charge in [0.25, 0.3) is 0 Å². The summed E-state index contributed by atoms with van der Waals surface area (Å²) in [4.78, 5) is 25.6. The molecule has 0 aromatic heterocycles. The van der Waals surface area contributed by atoms with E-state index in [9.17, 15) is 9.59 Å². The molecule has 3 aromatic rings. The van der Waals surface area contributed by atoms with Crippen LogP contribution < -0.4 is 15.4 Å². The molecule has 0 bridgehead atoms. The van der Waals surface area contributed by atoms with E-state index in [0.717, 1.165) is 11.1 Å². The van der Waals surface area contributed by atoms with E-state index < -0.39 is 5.41 Å². The van der Waals surface area contributed by atoms with Crippen LogP contribution in [0.15, 0.2) is 78.9 Å². The third kappa shape index (κ3) is 4.77. The van der Waals surface area contributed by atoms with Gasteiger partial charge in [0.15, 0.2) is 0 Å². The van der Waals surface area contributed by atoms with Gasteiger partial charge in [0.2, 0.25) is 11.8 Å². The molecule has 5 nitrogen and oxygen atoms in total. The molecule has 0 spiro atoms. The number of anilines is 2. The molecule has 2 amide bonds. The zero-order valence-corrected chi connectivity index (χ0v) is 18.3. The van der Waals surface area contributed by atoms with Crippen LogP contribution in [-0.2, 0) is 15.0 Å². The lowest BCUT2D eigenvalue weighted by Gasteiger charge is -2.30. The molecule has 5 heteroatoms. The third-order valence-electron chi connectivity index (χ3n) is 5.40. The molecule has 3 aromatic carbocycles. The molecule has 2 N–H and O–H groups in total. The van der Waals surface area contributed by atoms with E-state index in [0.29, 0.717) is 17.1 Å². The molecule has 0 aliphatic heterocycles.